The molecule has 2 N–H and O–H groups in total. The summed E-state index contributed by atoms with van der Waals surface area (Å²) >= 11 is 0. The number of rotatable bonds is 6. The molecule has 0 amide bonds. The Balaban J connectivity index is 1.88. The maximum atomic E-state index is 13.8. The first-order valence-electron chi connectivity index (χ1n) is 10.1. The Morgan fingerprint density at radius 2 is 1.54 bits per heavy atom. The summed E-state index contributed by atoms with van der Waals surface area (Å²) in [5.41, 5.74) is -4.18. The summed E-state index contributed by atoms with van der Waals surface area (Å²) in [4.78, 5) is 16.9. The number of alkyl halides is 6. The van der Waals surface area contributed by atoms with E-state index in [0.717, 1.165) is 18.3 Å². The van der Waals surface area contributed by atoms with E-state index in [4.69, 9.17) is 9.84 Å². The van der Waals surface area contributed by atoms with Crippen molar-refractivity contribution in [2.75, 3.05) is 0 Å². The van der Waals surface area contributed by atoms with Crippen molar-refractivity contribution in [1.29, 1.82) is 0 Å². The number of nitrogens with zero attached hydrogens (tertiary/aromatic N) is 1. The van der Waals surface area contributed by atoms with Crippen molar-refractivity contribution in [2.24, 2.45) is 0 Å². The molecule has 0 radical (unpaired) electrons. The van der Waals surface area contributed by atoms with Crippen LogP contribution in [0.5, 0.6) is 11.5 Å². The highest BCUT2D eigenvalue weighted by molar-refractivity contribution is 7.91. The highest BCUT2D eigenvalue weighted by atomic mass is 32.2. The summed E-state index contributed by atoms with van der Waals surface area (Å²) < 4.78 is 114. The van der Waals surface area contributed by atoms with Gasteiger partial charge >= 0.3 is 18.3 Å². The smallest absolute Gasteiger partial charge is 0.420 e. The van der Waals surface area contributed by atoms with Crippen LogP contribution < -0.4 is 4.74 Å². The van der Waals surface area contributed by atoms with E-state index >= 15 is 0 Å². The Bertz CT molecular complexity index is 1560. The highest BCUT2D eigenvalue weighted by Gasteiger charge is 2.43. The van der Waals surface area contributed by atoms with Gasteiger partial charge in [-0.25, -0.2) is 8.42 Å². The number of aromatic amines is 1. The Morgan fingerprint density at radius 3 is 2.08 bits per heavy atom. The number of nitrogens with one attached hydrogen (secondary N) is 1. The zero-order chi connectivity index (χ0) is 27.2. The number of aliphatic carboxylic acids is 1. The average Bonchev–Trinajstić information content (AvgIpc) is 3.23. The third-order valence-electron chi connectivity index (χ3n) is 5.20. The van der Waals surface area contributed by atoms with Gasteiger partial charge in [0.1, 0.15) is 5.75 Å². The molecule has 4 aromatic rings. The van der Waals surface area contributed by atoms with Gasteiger partial charge in [0.15, 0.2) is 5.75 Å². The number of carbonyl (C=O) groups is 1. The molecular formula is C23H14F6N2O5S. The Kier molecular flexibility index (Phi) is 6.40. The standard InChI is InChI=1S/C23H14F6N2O5S/c24-22(25,26)16-7-12(9-20(32)33)8-17(23(27,28)29)21(16)36-13-1-2-18-15(10-13)19(11-31-18)37(34,35)14-3-5-30-6-4-14/h1-8,10-11,31H,9H2,(H,32,33). The molecule has 7 nitrogen and oxygen atoms in total. The Labute approximate surface area is 204 Å². The van der Waals surface area contributed by atoms with Crippen molar-refractivity contribution in [1.82, 2.24) is 9.97 Å². The number of aromatic nitrogens is 2. The van der Waals surface area contributed by atoms with Crippen molar-refractivity contribution >= 4 is 26.7 Å². The van der Waals surface area contributed by atoms with Crippen LogP contribution in [0.1, 0.15) is 16.7 Å². The van der Waals surface area contributed by atoms with E-state index in [-0.39, 0.29) is 32.8 Å². The lowest BCUT2D eigenvalue weighted by Gasteiger charge is -2.20. The van der Waals surface area contributed by atoms with Crippen molar-refractivity contribution in [3.8, 4) is 11.5 Å². The maximum Gasteiger partial charge on any atom is 0.420 e. The Hall–Kier alpha value is -4.07. The van der Waals surface area contributed by atoms with Crippen molar-refractivity contribution in [3.05, 3.63) is 77.7 Å². The van der Waals surface area contributed by atoms with Gasteiger partial charge in [0, 0.05) is 29.5 Å². The minimum Gasteiger partial charge on any atom is -0.481 e. The van der Waals surface area contributed by atoms with Gasteiger partial charge in [-0.05, 0) is 48.0 Å². The fraction of sp³-hybridized carbons (Fsp3) is 0.130. The van der Waals surface area contributed by atoms with Crippen LogP contribution in [-0.2, 0) is 33.4 Å². The number of halogens is 6. The van der Waals surface area contributed by atoms with Gasteiger partial charge in [-0.2, -0.15) is 26.3 Å². The molecule has 14 heteroatoms. The second-order valence-electron chi connectivity index (χ2n) is 7.73. The third-order valence-corrected chi connectivity index (χ3v) is 7.01. The number of carboxylic acid groups (broad SMARTS) is 1. The predicted molar refractivity (Wildman–Crippen MR) is 116 cm³/mol. The van der Waals surface area contributed by atoms with Crippen molar-refractivity contribution < 1.29 is 49.4 Å². The Morgan fingerprint density at radius 1 is 0.946 bits per heavy atom. The second-order valence-corrected chi connectivity index (χ2v) is 9.65. The molecule has 37 heavy (non-hydrogen) atoms. The van der Waals surface area contributed by atoms with E-state index < -0.39 is 62.8 Å². The minimum atomic E-state index is -5.34. The molecule has 194 valence electrons. The van der Waals surface area contributed by atoms with Gasteiger partial charge in [-0.15, -0.1) is 0 Å². The molecular weight excluding hydrogens is 530 g/mol. The normalized spacial score (nSPS) is 12.6. The van der Waals surface area contributed by atoms with E-state index in [1.54, 1.807) is 0 Å². The topological polar surface area (TPSA) is 109 Å². The zero-order valence-electron chi connectivity index (χ0n) is 18.2. The van der Waals surface area contributed by atoms with E-state index in [9.17, 15) is 39.6 Å². The van der Waals surface area contributed by atoms with Crippen LogP contribution in [0, 0.1) is 0 Å². The van der Waals surface area contributed by atoms with Gasteiger partial charge in [-0.3, -0.25) is 9.78 Å². The number of sulfone groups is 1. The largest absolute Gasteiger partial charge is 0.481 e. The quantitative estimate of drug-likeness (QED) is 0.295. The molecule has 0 unspecified atom stereocenters. The van der Waals surface area contributed by atoms with Crippen LogP contribution in [0.3, 0.4) is 0 Å². The summed E-state index contributed by atoms with van der Waals surface area (Å²) in [5, 5.41) is 8.82. The molecule has 0 aliphatic rings. The number of H-pyrrole nitrogens is 1. The molecule has 0 bridgehead atoms. The number of fused-ring (bicyclic) bond motifs is 1. The van der Waals surface area contributed by atoms with Gasteiger partial charge < -0.3 is 14.8 Å². The first-order chi connectivity index (χ1) is 17.2. The van der Waals surface area contributed by atoms with Crippen LogP contribution in [0.15, 0.2) is 70.8 Å². The molecule has 4 rings (SSSR count). The second kappa shape index (κ2) is 9.10. The molecule has 0 spiro atoms. The van der Waals surface area contributed by atoms with Gasteiger partial charge in [-0.1, -0.05) is 0 Å². The molecule has 0 aliphatic heterocycles. The molecule has 0 saturated carbocycles. The van der Waals surface area contributed by atoms with Crippen LogP contribution in [0.2, 0.25) is 0 Å². The monoisotopic (exact) mass is 544 g/mol. The highest BCUT2D eigenvalue weighted by Crippen LogP contribution is 2.47. The van der Waals surface area contributed by atoms with Gasteiger partial charge in [0.2, 0.25) is 9.84 Å². The first-order valence-corrected chi connectivity index (χ1v) is 11.6. The number of benzene rings is 2. The average molecular weight is 544 g/mol. The summed E-state index contributed by atoms with van der Waals surface area (Å²) in [6, 6.07) is 6.27. The van der Waals surface area contributed by atoms with Crippen molar-refractivity contribution in [2.45, 2.75) is 28.6 Å². The lowest BCUT2D eigenvalue weighted by molar-refractivity contribution is -0.145. The van der Waals surface area contributed by atoms with Crippen molar-refractivity contribution in [3.63, 3.8) is 0 Å². The maximum absolute atomic E-state index is 13.8. The molecule has 2 aromatic carbocycles. The predicted octanol–water partition coefficient (Wildman–Crippen LogP) is 5.85. The molecule has 0 aliphatic carbocycles. The lowest BCUT2D eigenvalue weighted by atomic mass is 10.0. The summed E-state index contributed by atoms with van der Waals surface area (Å²) in [6.45, 7) is 0. The van der Waals surface area contributed by atoms with E-state index in [0.29, 0.717) is 0 Å². The fourth-order valence-electron chi connectivity index (χ4n) is 3.62. The number of hydrogen-bond acceptors (Lipinski definition) is 5. The number of pyridine rings is 1. The van der Waals surface area contributed by atoms with E-state index in [1.165, 1.54) is 30.6 Å². The van der Waals surface area contributed by atoms with Gasteiger partial charge in [0.05, 0.1) is 27.3 Å². The minimum absolute atomic E-state index is 0.0427. The van der Waals surface area contributed by atoms with Crippen LogP contribution in [-0.4, -0.2) is 29.5 Å². The lowest BCUT2D eigenvalue weighted by Crippen LogP contribution is -2.16. The van der Waals surface area contributed by atoms with E-state index in [1.807, 2.05) is 0 Å². The van der Waals surface area contributed by atoms with Crippen LogP contribution in [0.4, 0.5) is 26.3 Å². The van der Waals surface area contributed by atoms with Crippen LogP contribution >= 0.6 is 0 Å². The SMILES string of the molecule is O=C(O)Cc1cc(C(F)(F)F)c(Oc2ccc3[nH]cc(S(=O)(=O)c4ccncc4)c3c2)c(C(F)(F)F)c1. The summed E-state index contributed by atoms with van der Waals surface area (Å²) in [6.07, 6.45) is -8.15. The third kappa shape index (κ3) is 5.23. The summed E-state index contributed by atoms with van der Waals surface area (Å²) in [7, 11) is -4.13. The number of carboxylic acids is 1. The summed E-state index contributed by atoms with van der Waals surface area (Å²) in [5.74, 6) is -3.74. The zero-order valence-corrected chi connectivity index (χ0v) is 19.0. The van der Waals surface area contributed by atoms with E-state index in [2.05, 4.69) is 9.97 Å². The molecule has 2 aromatic heterocycles. The number of ether oxygens (including phenoxy) is 1. The molecule has 0 saturated heterocycles. The molecule has 0 fully saturated rings. The molecule has 0 atom stereocenters. The first kappa shape index (κ1) is 26.0. The fourth-order valence-corrected chi connectivity index (χ4v) is 5.02. The molecule has 2 heterocycles. The van der Waals surface area contributed by atoms with Gasteiger partial charge in [0.25, 0.3) is 0 Å². The van der Waals surface area contributed by atoms with Crippen LogP contribution in [0.25, 0.3) is 10.9 Å². The number of hydrogen-bond donors (Lipinski definition) is 2.